The van der Waals surface area contributed by atoms with Crippen molar-refractivity contribution in [1.82, 2.24) is 4.98 Å². The van der Waals surface area contributed by atoms with Crippen LogP contribution in [0.4, 0.5) is 11.7 Å². The maximum atomic E-state index is 11.0. The van der Waals surface area contributed by atoms with Gasteiger partial charge < -0.3 is 9.73 Å². The molecule has 20 heavy (non-hydrogen) atoms. The lowest BCUT2D eigenvalue weighted by Gasteiger charge is -2.13. The highest BCUT2D eigenvalue weighted by Crippen LogP contribution is 2.61. The van der Waals surface area contributed by atoms with Crippen LogP contribution < -0.4 is 5.32 Å². The maximum absolute atomic E-state index is 11.0. The molecular weight excluding hydrogens is 258 g/mol. The number of nitro benzene ring substituents is 1. The van der Waals surface area contributed by atoms with E-state index in [0.29, 0.717) is 22.5 Å². The first kappa shape index (κ1) is 11.7. The van der Waals surface area contributed by atoms with E-state index in [4.69, 9.17) is 4.42 Å². The zero-order valence-corrected chi connectivity index (χ0v) is 11.0. The SMILES string of the molecule is O=[N+]([O-])c1cccc2oc(NCC3(C4CC4)CC3)nc12. The highest BCUT2D eigenvalue weighted by atomic mass is 16.6. The lowest BCUT2D eigenvalue weighted by Crippen LogP contribution is -2.17. The molecule has 4 rings (SSSR count). The summed E-state index contributed by atoms with van der Waals surface area (Å²) in [4.78, 5) is 14.7. The van der Waals surface area contributed by atoms with Gasteiger partial charge in [0.2, 0.25) is 0 Å². The quantitative estimate of drug-likeness (QED) is 0.667. The average molecular weight is 273 g/mol. The van der Waals surface area contributed by atoms with Crippen molar-refractivity contribution in [2.45, 2.75) is 25.7 Å². The smallest absolute Gasteiger partial charge is 0.298 e. The molecule has 2 fully saturated rings. The van der Waals surface area contributed by atoms with Crippen LogP contribution in [0.3, 0.4) is 0 Å². The lowest BCUT2D eigenvalue weighted by atomic mass is 10.0. The summed E-state index contributed by atoms with van der Waals surface area (Å²) in [5, 5.41) is 14.2. The second kappa shape index (κ2) is 3.94. The van der Waals surface area contributed by atoms with Gasteiger partial charge in [-0.3, -0.25) is 10.1 Å². The van der Waals surface area contributed by atoms with E-state index in [2.05, 4.69) is 10.3 Å². The van der Waals surface area contributed by atoms with Crippen molar-refractivity contribution in [1.29, 1.82) is 0 Å². The predicted octanol–water partition coefficient (Wildman–Crippen LogP) is 3.34. The van der Waals surface area contributed by atoms with E-state index < -0.39 is 4.92 Å². The molecule has 0 atom stereocenters. The van der Waals surface area contributed by atoms with Crippen LogP contribution in [-0.2, 0) is 0 Å². The van der Waals surface area contributed by atoms with Crippen LogP contribution in [0.2, 0.25) is 0 Å². The van der Waals surface area contributed by atoms with E-state index in [9.17, 15) is 10.1 Å². The molecule has 1 heterocycles. The van der Waals surface area contributed by atoms with Crippen molar-refractivity contribution in [2.24, 2.45) is 11.3 Å². The number of aromatic nitrogens is 1. The van der Waals surface area contributed by atoms with Gasteiger partial charge in [0.15, 0.2) is 11.1 Å². The number of rotatable bonds is 5. The second-order valence-corrected chi connectivity index (χ2v) is 5.89. The highest BCUT2D eigenvalue weighted by molar-refractivity contribution is 5.83. The van der Waals surface area contributed by atoms with Crippen LogP contribution in [0, 0.1) is 21.4 Å². The number of nitrogens with one attached hydrogen (secondary N) is 1. The summed E-state index contributed by atoms with van der Waals surface area (Å²) in [5.41, 5.74) is 1.20. The summed E-state index contributed by atoms with van der Waals surface area (Å²) in [6.07, 6.45) is 5.21. The van der Waals surface area contributed by atoms with Gasteiger partial charge in [-0.2, -0.15) is 4.98 Å². The second-order valence-electron chi connectivity index (χ2n) is 5.89. The summed E-state index contributed by atoms with van der Waals surface area (Å²) >= 11 is 0. The Bertz CT molecular complexity index is 686. The zero-order chi connectivity index (χ0) is 13.7. The Morgan fingerprint density at radius 3 is 2.90 bits per heavy atom. The predicted molar refractivity (Wildman–Crippen MR) is 73.5 cm³/mol. The van der Waals surface area contributed by atoms with Crippen molar-refractivity contribution in [3.05, 3.63) is 28.3 Å². The molecule has 104 valence electrons. The summed E-state index contributed by atoms with van der Waals surface area (Å²) in [6, 6.07) is 5.15. The van der Waals surface area contributed by atoms with Crippen LogP contribution in [0.1, 0.15) is 25.7 Å². The van der Waals surface area contributed by atoms with Crippen LogP contribution in [0.25, 0.3) is 11.1 Å². The van der Waals surface area contributed by atoms with E-state index in [1.54, 1.807) is 12.1 Å². The normalized spacial score (nSPS) is 20.0. The molecule has 6 heteroatoms. The molecule has 0 amide bonds. The minimum Gasteiger partial charge on any atom is -0.423 e. The number of benzene rings is 1. The van der Waals surface area contributed by atoms with Gasteiger partial charge in [-0.1, -0.05) is 6.07 Å². The van der Waals surface area contributed by atoms with Gasteiger partial charge in [0.05, 0.1) is 4.92 Å². The third-order valence-corrected chi connectivity index (χ3v) is 4.52. The maximum Gasteiger partial charge on any atom is 0.298 e. The molecule has 0 bridgehead atoms. The summed E-state index contributed by atoms with van der Waals surface area (Å²) in [7, 11) is 0. The van der Waals surface area contributed by atoms with Gasteiger partial charge in [0.1, 0.15) is 0 Å². The Labute approximate surface area is 115 Å². The molecule has 1 aromatic carbocycles. The van der Waals surface area contributed by atoms with Gasteiger partial charge in [-0.15, -0.1) is 0 Å². The number of anilines is 1. The van der Waals surface area contributed by atoms with Gasteiger partial charge >= 0.3 is 0 Å². The average Bonchev–Trinajstić information content (AvgIpc) is 3.31. The number of nitro groups is 1. The molecular formula is C14H15N3O3. The molecule has 0 spiro atoms. The molecule has 2 aromatic rings. The Balaban J connectivity index is 1.58. The molecule has 0 radical (unpaired) electrons. The summed E-state index contributed by atoms with van der Waals surface area (Å²) < 4.78 is 5.56. The first-order valence-electron chi connectivity index (χ1n) is 6.96. The minimum absolute atomic E-state index is 0.0115. The van der Waals surface area contributed by atoms with Crippen LogP contribution in [0.15, 0.2) is 22.6 Å². The zero-order valence-electron chi connectivity index (χ0n) is 11.0. The molecule has 0 unspecified atom stereocenters. The minimum atomic E-state index is -0.429. The number of fused-ring (bicyclic) bond motifs is 1. The molecule has 0 saturated heterocycles. The third-order valence-electron chi connectivity index (χ3n) is 4.52. The number of para-hydroxylation sites is 1. The van der Waals surface area contributed by atoms with Crippen LogP contribution in [-0.4, -0.2) is 16.5 Å². The Hall–Kier alpha value is -2.11. The highest BCUT2D eigenvalue weighted by Gasteiger charge is 2.53. The van der Waals surface area contributed by atoms with Crippen molar-refractivity contribution < 1.29 is 9.34 Å². The fraction of sp³-hybridized carbons (Fsp3) is 0.500. The van der Waals surface area contributed by atoms with Crippen molar-refractivity contribution >= 4 is 22.8 Å². The fourth-order valence-corrected chi connectivity index (χ4v) is 2.99. The van der Waals surface area contributed by atoms with E-state index >= 15 is 0 Å². The number of hydrogen-bond acceptors (Lipinski definition) is 5. The first-order chi connectivity index (χ1) is 9.68. The Kier molecular flexibility index (Phi) is 2.31. The van der Waals surface area contributed by atoms with Gasteiger partial charge in [0, 0.05) is 12.6 Å². The van der Waals surface area contributed by atoms with E-state index in [1.165, 1.54) is 31.7 Å². The first-order valence-corrected chi connectivity index (χ1v) is 6.96. The topological polar surface area (TPSA) is 81.2 Å². The molecule has 2 saturated carbocycles. The molecule has 2 aliphatic rings. The molecule has 1 N–H and O–H groups in total. The van der Waals surface area contributed by atoms with E-state index in [0.717, 1.165) is 12.5 Å². The van der Waals surface area contributed by atoms with Gasteiger partial charge in [-0.05, 0) is 43.1 Å². The van der Waals surface area contributed by atoms with E-state index in [-0.39, 0.29) is 5.69 Å². The standard InChI is InChI=1S/C14H15N3O3/c18-17(19)10-2-1-3-11-12(10)16-13(20-11)15-8-14(6-7-14)9-4-5-9/h1-3,9H,4-8H2,(H,15,16). The van der Waals surface area contributed by atoms with Gasteiger partial charge in [0.25, 0.3) is 11.7 Å². The molecule has 1 aromatic heterocycles. The summed E-state index contributed by atoms with van der Waals surface area (Å²) in [6.45, 7) is 0.859. The largest absolute Gasteiger partial charge is 0.423 e. The van der Waals surface area contributed by atoms with Crippen molar-refractivity contribution in [3.63, 3.8) is 0 Å². The summed E-state index contributed by atoms with van der Waals surface area (Å²) in [5.74, 6) is 0.855. The van der Waals surface area contributed by atoms with Crippen LogP contribution in [0.5, 0.6) is 0 Å². The fourth-order valence-electron chi connectivity index (χ4n) is 2.99. The third kappa shape index (κ3) is 1.83. The molecule has 2 aliphatic carbocycles. The Morgan fingerprint density at radius 2 is 2.25 bits per heavy atom. The van der Waals surface area contributed by atoms with Crippen LogP contribution >= 0.6 is 0 Å². The Morgan fingerprint density at radius 1 is 1.45 bits per heavy atom. The number of hydrogen-bond donors (Lipinski definition) is 1. The number of non-ortho nitro benzene ring substituents is 1. The van der Waals surface area contributed by atoms with Crippen molar-refractivity contribution in [2.75, 3.05) is 11.9 Å². The number of oxazole rings is 1. The lowest BCUT2D eigenvalue weighted by molar-refractivity contribution is -0.383. The molecule has 0 aliphatic heterocycles. The van der Waals surface area contributed by atoms with Gasteiger partial charge in [-0.25, -0.2) is 0 Å². The monoisotopic (exact) mass is 273 g/mol. The van der Waals surface area contributed by atoms with E-state index in [1.807, 2.05) is 0 Å². The van der Waals surface area contributed by atoms with Crippen molar-refractivity contribution in [3.8, 4) is 0 Å². The molecule has 6 nitrogen and oxygen atoms in total. The number of nitrogens with zero attached hydrogens (tertiary/aromatic N) is 2.